The summed E-state index contributed by atoms with van der Waals surface area (Å²) < 4.78 is 5.20. The number of carbonyl (C=O) groups is 1. The molecule has 1 aliphatic rings. The van der Waals surface area contributed by atoms with Crippen molar-refractivity contribution in [1.29, 1.82) is 0 Å². The fourth-order valence-electron chi connectivity index (χ4n) is 2.44. The van der Waals surface area contributed by atoms with Gasteiger partial charge in [0.15, 0.2) is 0 Å². The first-order valence-electron chi connectivity index (χ1n) is 7.22. The first kappa shape index (κ1) is 15.4. The third-order valence-electron chi connectivity index (χ3n) is 3.66. The molecule has 1 amide bonds. The normalized spacial score (nSPS) is 21.6. The fourth-order valence-corrected chi connectivity index (χ4v) is 2.44. The van der Waals surface area contributed by atoms with Crippen molar-refractivity contribution in [3.05, 3.63) is 0 Å². The fraction of sp³-hybridized carbons (Fsp3) is 0.929. The standard InChI is InChI=1S/C14H28N2O2/c1-4-10-16(13-6-5-9-15-11-13)14(17)8-7-12(2)18-3/h12-13,15H,4-11H2,1-3H3. The molecule has 0 bridgehead atoms. The van der Waals surface area contributed by atoms with Crippen LogP contribution in [-0.2, 0) is 9.53 Å². The van der Waals surface area contributed by atoms with Gasteiger partial charge in [-0.1, -0.05) is 6.92 Å². The molecule has 2 unspecified atom stereocenters. The molecule has 1 saturated heterocycles. The quantitative estimate of drug-likeness (QED) is 0.755. The van der Waals surface area contributed by atoms with Crippen LogP contribution in [0.2, 0.25) is 0 Å². The number of piperidine rings is 1. The highest BCUT2D eigenvalue weighted by Gasteiger charge is 2.24. The molecule has 0 spiro atoms. The summed E-state index contributed by atoms with van der Waals surface area (Å²) in [7, 11) is 1.70. The second kappa shape index (κ2) is 8.48. The van der Waals surface area contributed by atoms with Gasteiger partial charge in [0.05, 0.1) is 6.10 Å². The van der Waals surface area contributed by atoms with Gasteiger partial charge in [0, 0.05) is 32.7 Å². The van der Waals surface area contributed by atoms with Crippen molar-refractivity contribution in [3.63, 3.8) is 0 Å². The van der Waals surface area contributed by atoms with Gasteiger partial charge in [-0.15, -0.1) is 0 Å². The predicted molar refractivity (Wildman–Crippen MR) is 73.6 cm³/mol. The Morgan fingerprint density at radius 1 is 1.56 bits per heavy atom. The molecule has 0 aromatic heterocycles. The lowest BCUT2D eigenvalue weighted by molar-refractivity contribution is -0.134. The van der Waals surface area contributed by atoms with E-state index in [1.54, 1.807) is 7.11 Å². The third-order valence-corrected chi connectivity index (χ3v) is 3.66. The van der Waals surface area contributed by atoms with E-state index in [1.165, 1.54) is 6.42 Å². The molecule has 0 saturated carbocycles. The van der Waals surface area contributed by atoms with Gasteiger partial charge < -0.3 is 15.0 Å². The molecule has 1 heterocycles. The Morgan fingerprint density at radius 2 is 2.33 bits per heavy atom. The highest BCUT2D eigenvalue weighted by molar-refractivity contribution is 5.76. The highest BCUT2D eigenvalue weighted by Crippen LogP contribution is 2.14. The molecule has 0 radical (unpaired) electrons. The summed E-state index contributed by atoms with van der Waals surface area (Å²) in [4.78, 5) is 14.4. The van der Waals surface area contributed by atoms with Crippen LogP contribution in [0, 0.1) is 0 Å². The van der Waals surface area contributed by atoms with Crippen molar-refractivity contribution >= 4 is 5.91 Å². The minimum absolute atomic E-state index is 0.168. The molecular weight excluding hydrogens is 228 g/mol. The number of amides is 1. The zero-order valence-corrected chi connectivity index (χ0v) is 12.1. The number of nitrogens with one attached hydrogen (secondary N) is 1. The second-order valence-electron chi connectivity index (χ2n) is 5.17. The summed E-state index contributed by atoms with van der Waals surface area (Å²) in [6, 6.07) is 0.393. The molecule has 1 rings (SSSR count). The largest absolute Gasteiger partial charge is 0.382 e. The van der Waals surface area contributed by atoms with E-state index < -0.39 is 0 Å². The van der Waals surface area contributed by atoms with E-state index in [0.717, 1.165) is 38.9 Å². The minimum atomic E-state index is 0.168. The number of hydrogen-bond donors (Lipinski definition) is 1. The number of carbonyl (C=O) groups excluding carboxylic acids is 1. The smallest absolute Gasteiger partial charge is 0.222 e. The number of rotatable bonds is 7. The molecule has 1 aliphatic heterocycles. The Hall–Kier alpha value is -0.610. The van der Waals surface area contributed by atoms with Gasteiger partial charge in [-0.3, -0.25) is 4.79 Å². The molecule has 2 atom stereocenters. The third kappa shape index (κ3) is 4.94. The Balaban J connectivity index is 2.46. The summed E-state index contributed by atoms with van der Waals surface area (Å²) in [5, 5.41) is 3.39. The first-order valence-corrected chi connectivity index (χ1v) is 7.22. The number of nitrogens with zero attached hydrogens (tertiary/aromatic N) is 1. The summed E-state index contributed by atoms with van der Waals surface area (Å²) in [5.74, 6) is 0.287. The van der Waals surface area contributed by atoms with Crippen LogP contribution in [0.25, 0.3) is 0 Å². The van der Waals surface area contributed by atoms with Gasteiger partial charge in [0.25, 0.3) is 0 Å². The first-order chi connectivity index (χ1) is 8.69. The lowest BCUT2D eigenvalue weighted by Crippen LogP contribution is -2.49. The van der Waals surface area contributed by atoms with E-state index in [1.807, 2.05) is 6.92 Å². The van der Waals surface area contributed by atoms with Crippen LogP contribution in [0.15, 0.2) is 0 Å². The maximum atomic E-state index is 12.3. The van der Waals surface area contributed by atoms with Crippen LogP contribution >= 0.6 is 0 Å². The van der Waals surface area contributed by atoms with Crippen molar-refractivity contribution in [3.8, 4) is 0 Å². The van der Waals surface area contributed by atoms with Crippen molar-refractivity contribution < 1.29 is 9.53 Å². The van der Waals surface area contributed by atoms with Crippen LogP contribution < -0.4 is 5.32 Å². The SMILES string of the molecule is CCCN(C(=O)CCC(C)OC)C1CCCNC1. The van der Waals surface area contributed by atoms with Gasteiger partial charge in [-0.2, -0.15) is 0 Å². The van der Waals surface area contributed by atoms with E-state index in [2.05, 4.69) is 17.1 Å². The zero-order chi connectivity index (χ0) is 13.4. The van der Waals surface area contributed by atoms with Crippen LogP contribution in [0.5, 0.6) is 0 Å². The monoisotopic (exact) mass is 256 g/mol. The maximum absolute atomic E-state index is 12.3. The molecule has 0 aliphatic carbocycles. The number of methoxy groups -OCH3 is 1. The predicted octanol–water partition coefficient (Wildman–Crippen LogP) is 1.79. The van der Waals surface area contributed by atoms with Gasteiger partial charge >= 0.3 is 0 Å². The molecule has 1 N–H and O–H groups in total. The zero-order valence-electron chi connectivity index (χ0n) is 12.1. The van der Waals surface area contributed by atoms with Crippen LogP contribution in [0.3, 0.4) is 0 Å². The average molecular weight is 256 g/mol. The van der Waals surface area contributed by atoms with Crippen molar-refractivity contribution in [2.24, 2.45) is 0 Å². The highest BCUT2D eigenvalue weighted by atomic mass is 16.5. The summed E-state index contributed by atoms with van der Waals surface area (Å²) in [6.07, 6.45) is 4.93. The van der Waals surface area contributed by atoms with Gasteiger partial charge in [-0.05, 0) is 39.2 Å². The molecule has 1 fully saturated rings. The Morgan fingerprint density at radius 3 is 2.89 bits per heavy atom. The maximum Gasteiger partial charge on any atom is 0.222 e. The number of hydrogen-bond acceptors (Lipinski definition) is 3. The number of ether oxygens (including phenoxy) is 1. The van der Waals surface area contributed by atoms with E-state index in [9.17, 15) is 4.79 Å². The Labute approximate surface area is 111 Å². The van der Waals surface area contributed by atoms with Crippen molar-refractivity contribution in [1.82, 2.24) is 10.2 Å². The summed E-state index contributed by atoms with van der Waals surface area (Å²) in [6.45, 7) is 7.07. The molecular formula is C14H28N2O2. The lowest BCUT2D eigenvalue weighted by atomic mass is 10.0. The Bertz CT molecular complexity index is 240. The molecule has 18 heavy (non-hydrogen) atoms. The topological polar surface area (TPSA) is 41.6 Å². The molecule has 0 aromatic carbocycles. The van der Waals surface area contributed by atoms with Crippen molar-refractivity contribution in [2.45, 2.75) is 58.1 Å². The van der Waals surface area contributed by atoms with Crippen LogP contribution in [-0.4, -0.2) is 49.7 Å². The van der Waals surface area contributed by atoms with E-state index in [0.29, 0.717) is 12.5 Å². The van der Waals surface area contributed by atoms with Gasteiger partial charge in [-0.25, -0.2) is 0 Å². The molecule has 0 aromatic rings. The van der Waals surface area contributed by atoms with E-state index in [4.69, 9.17) is 4.74 Å². The van der Waals surface area contributed by atoms with Crippen molar-refractivity contribution in [2.75, 3.05) is 26.7 Å². The lowest BCUT2D eigenvalue weighted by Gasteiger charge is -2.35. The second-order valence-corrected chi connectivity index (χ2v) is 5.17. The molecule has 4 heteroatoms. The van der Waals surface area contributed by atoms with Crippen LogP contribution in [0.1, 0.15) is 46.0 Å². The van der Waals surface area contributed by atoms with Gasteiger partial charge in [0.1, 0.15) is 0 Å². The van der Waals surface area contributed by atoms with Crippen LogP contribution in [0.4, 0.5) is 0 Å². The minimum Gasteiger partial charge on any atom is -0.382 e. The summed E-state index contributed by atoms with van der Waals surface area (Å²) in [5.41, 5.74) is 0. The molecule has 106 valence electrons. The van der Waals surface area contributed by atoms with Gasteiger partial charge in [0.2, 0.25) is 5.91 Å². The Kier molecular flexibility index (Phi) is 7.28. The van der Waals surface area contributed by atoms with E-state index >= 15 is 0 Å². The average Bonchev–Trinajstić information content (AvgIpc) is 2.42. The van der Waals surface area contributed by atoms with E-state index in [-0.39, 0.29) is 12.0 Å². The summed E-state index contributed by atoms with van der Waals surface area (Å²) >= 11 is 0. The molecule has 4 nitrogen and oxygen atoms in total.